The van der Waals surface area contributed by atoms with E-state index in [4.69, 9.17) is 4.74 Å². The number of rotatable bonds is 6. The van der Waals surface area contributed by atoms with Crippen molar-refractivity contribution < 1.29 is 13.9 Å². The number of aldehydes is 1. The van der Waals surface area contributed by atoms with Crippen LogP contribution < -0.4 is 4.74 Å². The summed E-state index contributed by atoms with van der Waals surface area (Å²) in [6.07, 6.45) is 3.62. The van der Waals surface area contributed by atoms with E-state index in [2.05, 4.69) is 6.92 Å². The number of carbonyl (C=O) groups is 1. The van der Waals surface area contributed by atoms with Crippen LogP contribution in [0.4, 0.5) is 4.39 Å². The third kappa shape index (κ3) is 3.35. The molecule has 0 unspecified atom stereocenters. The standard InChI is InChI=1S/C12H15FO2/c1-2-3-4-8-15-12-10(9-14)6-5-7-11(12)13/h5-7,9H,2-4,8H2,1H3. The van der Waals surface area contributed by atoms with Gasteiger partial charge < -0.3 is 4.74 Å². The predicted octanol–water partition coefficient (Wildman–Crippen LogP) is 3.21. The lowest BCUT2D eigenvalue weighted by Crippen LogP contribution is -2.02. The molecule has 0 aromatic heterocycles. The summed E-state index contributed by atoms with van der Waals surface area (Å²) < 4.78 is 18.5. The molecule has 0 spiro atoms. The molecule has 0 aliphatic carbocycles. The zero-order valence-electron chi connectivity index (χ0n) is 8.83. The molecule has 0 heterocycles. The highest BCUT2D eigenvalue weighted by Gasteiger charge is 2.08. The van der Waals surface area contributed by atoms with Crippen LogP contribution >= 0.6 is 0 Å². The Labute approximate surface area is 89.1 Å². The number of para-hydroxylation sites is 1. The normalized spacial score (nSPS) is 10.0. The second kappa shape index (κ2) is 6.17. The molecule has 1 aromatic carbocycles. The fourth-order valence-corrected chi connectivity index (χ4v) is 1.30. The lowest BCUT2D eigenvalue weighted by molar-refractivity contribution is 0.111. The summed E-state index contributed by atoms with van der Waals surface area (Å²) in [4.78, 5) is 10.6. The Kier molecular flexibility index (Phi) is 4.81. The summed E-state index contributed by atoms with van der Waals surface area (Å²) in [7, 11) is 0. The van der Waals surface area contributed by atoms with E-state index in [0.29, 0.717) is 12.9 Å². The summed E-state index contributed by atoms with van der Waals surface area (Å²) in [5.74, 6) is -0.403. The topological polar surface area (TPSA) is 26.3 Å². The molecule has 3 heteroatoms. The Balaban J connectivity index is 2.62. The lowest BCUT2D eigenvalue weighted by Gasteiger charge is -2.08. The Morgan fingerprint density at radius 2 is 2.20 bits per heavy atom. The minimum Gasteiger partial charge on any atom is -0.490 e. The van der Waals surface area contributed by atoms with E-state index in [-0.39, 0.29) is 11.3 Å². The summed E-state index contributed by atoms with van der Waals surface area (Å²) >= 11 is 0. The number of hydrogen-bond donors (Lipinski definition) is 0. The highest BCUT2D eigenvalue weighted by Crippen LogP contribution is 2.21. The van der Waals surface area contributed by atoms with E-state index < -0.39 is 5.82 Å². The molecule has 0 radical (unpaired) electrons. The molecule has 0 aliphatic heterocycles. The molecule has 82 valence electrons. The van der Waals surface area contributed by atoms with Crippen molar-refractivity contribution in [2.45, 2.75) is 26.2 Å². The van der Waals surface area contributed by atoms with E-state index in [1.165, 1.54) is 12.1 Å². The molecule has 0 atom stereocenters. The van der Waals surface area contributed by atoms with Crippen molar-refractivity contribution in [1.82, 2.24) is 0 Å². The minimum absolute atomic E-state index is 0.0728. The van der Waals surface area contributed by atoms with Gasteiger partial charge >= 0.3 is 0 Å². The summed E-state index contributed by atoms with van der Waals surface area (Å²) in [5, 5.41) is 0. The zero-order chi connectivity index (χ0) is 11.1. The van der Waals surface area contributed by atoms with Crippen LogP contribution in [0.1, 0.15) is 36.5 Å². The summed E-state index contributed by atoms with van der Waals surface area (Å²) in [6, 6.07) is 4.34. The Bertz CT molecular complexity index is 323. The van der Waals surface area contributed by atoms with Gasteiger partial charge in [-0.2, -0.15) is 0 Å². The molecule has 0 aliphatic rings. The molecular weight excluding hydrogens is 195 g/mol. The van der Waals surface area contributed by atoms with Crippen LogP contribution in [-0.2, 0) is 0 Å². The first kappa shape index (κ1) is 11.7. The first-order chi connectivity index (χ1) is 7.29. The van der Waals surface area contributed by atoms with E-state index in [0.717, 1.165) is 19.3 Å². The molecule has 2 nitrogen and oxygen atoms in total. The molecule has 1 aromatic rings. The van der Waals surface area contributed by atoms with E-state index in [1.54, 1.807) is 6.07 Å². The van der Waals surface area contributed by atoms with Gasteiger partial charge in [0, 0.05) is 0 Å². The molecule has 0 saturated carbocycles. The van der Waals surface area contributed by atoms with Crippen molar-refractivity contribution in [3.63, 3.8) is 0 Å². The van der Waals surface area contributed by atoms with Crippen molar-refractivity contribution in [2.75, 3.05) is 6.61 Å². The minimum atomic E-state index is -0.476. The highest BCUT2D eigenvalue weighted by atomic mass is 19.1. The van der Waals surface area contributed by atoms with Gasteiger partial charge in [0.25, 0.3) is 0 Å². The summed E-state index contributed by atoms with van der Waals surface area (Å²) in [6.45, 7) is 2.54. The maximum atomic E-state index is 13.3. The van der Waals surface area contributed by atoms with Gasteiger partial charge in [-0.05, 0) is 18.6 Å². The van der Waals surface area contributed by atoms with E-state index in [1.807, 2.05) is 0 Å². The van der Waals surface area contributed by atoms with Crippen LogP contribution in [-0.4, -0.2) is 12.9 Å². The second-order valence-corrected chi connectivity index (χ2v) is 3.33. The van der Waals surface area contributed by atoms with Crippen molar-refractivity contribution in [3.05, 3.63) is 29.6 Å². The monoisotopic (exact) mass is 210 g/mol. The van der Waals surface area contributed by atoms with Crippen LogP contribution in [0.3, 0.4) is 0 Å². The van der Waals surface area contributed by atoms with Crippen LogP contribution in [0, 0.1) is 5.82 Å². The number of carbonyl (C=O) groups excluding carboxylic acids is 1. The van der Waals surface area contributed by atoms with Crippen molar-refractivity contribution >= 4 is 6.29 Å². The van der Waals surface area contributed by atoms with Crippen molar-refractivity contribution in [1.29, 1.82) is 0 Å². The van der Waals surface area contributed by atoms with Crippen molar-refractivity contribution in [2.24, 2.45) is 0 Å². The van der Waals surface area contributed by atoms with Gasteiger partial charge in [-0.15, -0.1) is 0 Å². The van der Waals surface area contributed by atoms with E-state index >= 15 is 0 Å². The maximum Gasteiger partial charge on any atom is 0.165 e. The molecular formula is C12H15FO2. The van der Waals surface area contributed by atoms with Gasteiger partial charge in [0.1, 0.15) is 0 Å². The smallest absolute Gasteiger partial charge is 0.165 e. The lowest BCUT2D eigenvalue weighted by atomic mass is 10.2. The third-order valence-electron chi connectivity index (χ3n) is 2.12. The highest BCUT2D eigenvalue weighted by molar-refractivity contribution is 5.79. The van der Waals surface area contributed by atoms with Crippen molar-refractivity contribution in [3.8, 4) is 5.75 Å². The number of benzene rings is 1. The molecule has 0 fully saturated rings. The van der Waals surface area contributed by atoms with Gasteiger partial charge in [-0.25, -0.2) is 4.39 Å². The first-order valence-electron chi connectivity index (χ1n) is 5.16. The van der Waals surface area contributed by atoms with Gasteiger partial charge in [-0.1, -0.05) is 25.8 Å². The number of hydrogen-bond acceptors (Lipinski definition) is 2. The number of ether oxygens (including phenoxy) is 1. The Morgan fingerprint density at radius 1 is 1.40 bits per heavy atom. The fourth-order valence-electron chi connectivity index (χ4n) is 1.30. The average molecular weight is 210 g/mol. The second-order valence-electron chi connectivity index (χ2n) is 3.33. The largest absolute Gasteiger partial charge is 0.490 e. The van der Waals surface area contributed by atoms with Gasteiger partial charge in [0.15, 0.2) is 17.9 Å². The Hall–Kier alpha value is -1.38. The van der Waals surface area contributed by atoms with Gasteiger partial charge in [0.05, 0.1) is 12.2 Å². The molecule has 0 saturated heterocycles. The molecule has 0 amide bonds. The maximum absolute atomic E-state index is 13.3. The Morgan fingerprint density at radius 3 is 2.87 bits per heavy atom. The van der Waals surface area contributed by atoms with Gasteiger partial charge in [0.2, 0.25) is 0 Å². The number of halogens is 1. The average Bonchev–Trinajstić information content (AvgIpc) is 2.26. The van der Waals surface area contributed by atoms with Crippen LogP contribution in [0.25, 0.3) is 0 Å². The van der Waals surface area contributed by atoms with Gasteiger partial charge in [-0.3, -0.25) is 4.79 Å². The quantitative estimate of drug-likeness (QED) is 0.532. The van der Waals surface area contributed by atoms with Crippen LogP contribution in [0.15, 0.2) is 18.2 Å². The molecule has 0 N–H and O–H groups in total. The SMILES string of the molecule is CCCCCOc1c(F)cccc1C=O. The van der Waals surface area contributed by atoms with Crippen LogP contribution in [0.5, 0.6) is 5.75 Å². The first-order valence-corrected chi connectivity index (χ1v) is 5.16. The van der Waals surface area contributed by atoms with E-state index in [9.17, 15) is 9.18 Å². The fraction of sp³-hybridized carbons (Fsp3) is 0.417. The third-order valence-corrected chi connectivity index (χ3v) is 2.12. The zero-order valence-corrected chi connectivity index (χ0v) is 8.83. The molecule has 1 rings (SSSR count). The molecule has 0 bridgehead atoms. The number of unbranched alkanes of at least 4 members (excludes halogenated alkanes) is 2. The predicted molar refractivity (Wildman–Crippen MR) is 56.8 cm³/mol. The van der Waals surface area contributed by atoms with Crippen LogP contribution in [0.2, 0.25) is 0 Å². The molecule has 15 heavy (non-hydrogen) atoms. The summed E-state index contributed by atoms with van der Waals surface area (Å²) in [5.41, 5.74) is 0.270.